The predicted molar refractivity (Wildman–Crippen MR) is 70.3 cm³/mol. The van der Waals surface area contributed by atoms with E-state index in [2.05, 4.69) is 12.2 Å². The molecule has 0 radical (unpaired) electrons. The summed E-state index contributed by atoms with van der Waals surface area (Å²) in [6, 6.07) is -0.0787. The van der Waals surface area contributed by atoms with E-state index in [4.69, 9.17) is 5.11 Å². The summed E-state index contributed by atoms with van der Waals surface area (Å²) >= 11 is 0. The first-order chi connectivity index (χ1) is 8.48. The average Bonchev–Trinajstić information content (AvgIpc) is 2.26. The molecule has 0 aromatic heterocycles. The van der Waals surface area contributed by atoms with Gasteiger partial charge in [-0.3, -0.25) is 4.79 Å². The van der Waals surface area contributed by atoms with Gasteiger partial charge in [0.2, 0.25) is 0 Å². The van der Waals surface area contributed by atoms with Crippen molar-refractivity contribution in [3.05, 3.63) is 0 Å². The van der Waals surface area contributed by atoms with E-state index in [1.807, 2.05) is 0 Å². The Morgan fingerprint density at radius 3 is 1.94 bits per heavy atom. The molecule has 2 atom stereocenters. The third-order valence-corrected chi connectivity index (χ3v) is 5.87. The Bertz CT molecular complexity index is 317. The molecule has 2 N–H and O–H groups in total. The Hall–Kier alpha value is -0.570. The lowest BCUT2D eigenvalue weighted by atomic mass is 9.48. The SMILES string of the molecule is CC(NC(C)C12CC3CC(CC(C3)C1)C2)C(=O)O. The molecule has 0 aromatic rings. The van der Waals surface area contributed by atoms with Gasteiger partial charge in [-0.25, -0.2) is 0 Å². The summed E-state index contributed by atoms with van der Waals surface area (Å²) in [5.74, 6) is 2.06. The minimum absolute atomic E-state index is 0.344. The maximum absolute atomic E-state index is 11.0. The monoisotopic (exact) mass is 251 g/mol. The molecule has 0 heterocycles. The van der Waals surface area contributed by atoms with Gasteiger partial charge in [0.25, 0.3) is 0 Å². The zero-order valence-corrected chi connectivity index (χ0v) is 11.5. The van der Waals surface area contributed by atoms with Gasteiger partial charge in [0, 0.05) is 6.04 Å². The number of carbonyl (C=O) groups is 1. The van der Waals surface area contributed by atoms with E-state index in [0.717, 1.165) is 17.8 Å². The van der Waals surface area contributed by atoms with E-state index in [-0.39, 0.29) is 0 Å². The van der Waals surface area contributed by atoms with Gasteiger partial charge < -0.3 is 10.4 Å². The Morgan fingerprint density at radius 1 is 1.11 bits per heavy atom. The highest BCUT2D eigenvalue weighted by atomic mass is 16.4. The molecule has 102 valence electrons. The van der Waals surface area contributed by atoms with Crippen molar-refractivity contribution in [2.45, 2.75) is 64.5 Å². The van der Waals surface area contributed by atoms with Crippen molar-refractivity contribution in [2.24, 2.45) is 23.2 Å². The standard InChI is InChI=1S/C15H25NO2/c1-9(14(17)18)16-10(2)15-6-11-3-12(7-15)5-13(4-11)8-15/h9-13,16H,3-8H2,1-2H3,(H,17,18). The van der Waals surface area contributed by atoms with Crippen molar-refractivity contribution in [1.82, 2.24) is 5.32 Å². The number of hydrogen-bond acceptors (Lipinski definition) is 2. The van der Waals surface area contributed by atoms with Crippen LogP contribution in [0.15, 0.2) is 0 Å². The second-order valence-electron chi connectivity index (χ2n) is 7.23. The van der Waals surface area contributed by atoms with Gasteiger partial charge >= 0.3 is 5.97 Å². The zero-order valence-electron chi connectivity index (χ0n) is 11.5. The molecule has 0 spiro atoms. The van der Waals surface area contributed by atoms with Crippen LogP contribution in [0, 0.1) is 23.2 Å². The second-order valence-corrected chi connectivity index (χ2v) is 7.23. The summed E-state index contributed by atoms with van der Waals surface area (Å²) in [5.41, 5.74) is 0.401. The quantitative estimate of drug-likeness (QED) is 0.807. The summed E-state index contributed by atoms with van der Waals surface area (Å²) in [4.78, 5) is 11.0. The van der Waals surface area contributed by atoms with Crippen LogP contribution in [-0.4, -0.2) is 23.2 Å². The van der Waals surface area contributed by atoms with Crippen LogP contribution in [0.2, 0.25) is 0 Å². The maximum Gasteiger partial charge on any atom is 0.320 e. The van der Waals surface area contributed by atoms with Crippen LogP contribution in [0.25, 0.3) is 0 Å². The minimum Gasteiger partial charge on any atom is -0.480 e. The van der Waals surface area contributed by atoms with Gasteiger partial charge in [0.05, 0.1) is 0 Å². The fourth-order valence-electron chi connectivity index (χ4n) is 5.33. The molecule has 4 bridgehead atoms. The summed E-state index contributed by atoms with van der Waals surface area (Å²) in [5, 5.41) is 12.4. The topological polar surface area (TPSA) is 49.3 Å². The van der Waals surface area contributed by atoms with Crippen LogP contribution < -0.4 is 5.32 Å². The van der Waals surface area contributed by atoms with Crippen molar-refractivity contribution in [2.75, 3.05) is 0 Å². The van der Waals surface area contributed by atoms with Gasteiger partial charge in [0.1, 0.15) is 6.04 Å². The molecule has 4 aliphatic carbocycles. The fraction of sp³-hybridized carbons (Fsp3) is 0.933. The van der Waals surface area contributed by atoms with Crippen LogP contribution in [0.5, 0.6) is 0 Å². The van der Waals surface area contributed by atoms with E-state index >= 15 is 0 Å². The summed E-state index contributed by atoms with van der Waals surface area (Å²) in [6.07, 6.45) is 8.33. The molecule has 0 aliphatic heterocycles. The number of carboxylic acids is 1. The lowest BCUT2D eigenvalue weighted by Gasteiger charge is -2.59. The van der Waals surface area contributed by atoms with E-state index < -0.39 is 12.0 Å². The molecule has 0 aromatic carbocycles. The number of nitrogens with one attached hydrogen (secondary N) is 1. The molecule has 18 heavy (non-hydrogen) atoms. The van der Waals surface area contributed by atoms with Crippen LogP contribution in [0.3, 0.4) is 0 Å². The van der Waals surface area contributed by atoms with Gasteiger partial charge in [-0.05, 0) is 75.5 Å². The lowest BCUT2D eigenvalue weighted by molar-refractivity contribution is -0.140. The van der Waals surface area contributed by atoms with E-state index in [0.29, 0.717) is 11.5 Å². The average molecular weight is 251 g/mol. The van der Waals surface area contributed by atoms with Crippen molar-refractivity contribution < 1.29 is 9.90 Å². The molecule has 4 saturated carbocycles. The first kappa shape index (κ1) is 12.5. The van der Waals surface area contributed by atoms with Gasteiger partial charge in [-0.1, -0.05) is 0 Å². The van der Waals surface area contributed by atoms with Crippen LogP contribution in [-0.2, 0) is 4.79 Å². The van der Waals surface area contributed by atoms with Crippen LogP contribution >= 0.6 is 0 Å². The van der Waals surface area contributed by atoms with E-state index in [1.165, 1.54) is 38.5 Å². The molecule has 4 rings (SSSR count). The third-order valence-electron chi connectivity index (χ3n) is 5.87. The number of carboxylic acid groups (broad SMARTS) is 1. The van der Waals surface area contributed by atoms with Crippen molar-refractivity contribution in [3.8, 4) is 0 Å². The van der Waals surface area contributed by atoms with Crippen LogP contribution in [0.4, 0.5) is 0 Å². The molecular formula is C15H25NO2. The lowest BCUT2D eigenvalue weighted by Crippen LogP contribution is -2.57. The number of hydrogen-bond donors (Lipinski definition) is 2. The summed E-state index contributed by atoms with van der Waals surface area (Å²) < 4.78 is 0. The fourth-order valence-corrected chi connectivity index (χ4v) is 5.33. The van der Waals surface area contributed by atoms with E-state index in [1.54, 1.807) is 6.92 Å². The molecule has 2 unspecified atom stereocenters. The third kappa shape index (κ3) is 1.97. The van der Waals surface area contributed by atoms with Crippen molar-refractivity contribution >= 4 is 5.97 Å². The Labute approximate surface area is 109 Å². The predicted octanol–water partition coefficient (Wildman–Crippen LogP) is 2.65. The highest BCUT2D eigenvalue weighted by Gasteiger charge is 2.53. The van der Waals surface area contributed by atoms with Crippen molar-refractivity contribution in [3.63, 3.8) is 0 Å². The van der Waals surface area contributed by atoms with Gasteiger partial charge in [-0.2, -0.15) is 0 Å². The number of rotatable bonds is 4. The number of aliphatic carboxylic acids is 1. The largest absolute Gasteiger partial charge is 0.480 e. The summed E-state index contributed by atoms with van der Waals surface area (Å²) in [6.45, 7) is 3.98. The normalized spacial score (nSPS) is 44.9. The molecule has 3 nitrogen and oxygen atoms in total. The first-order valence-electron chi connectivity index (χ1n) is 7.47. The minimum atomic E-state index is -0.730. The molecule has 4 aliphatic rings. The smallest absolute Gasteiger partial charge is 0.320 e. The molecule has 0 saturated heterocycles. The van der Waals surface area contributed by atoms with E-state index in [9.17, 15) is 4.79 Å². The molecular weight excluding hydrogens is 226 g/mol. The Balaban J connectivity index is 1.72. The first-order valence-corrected chi connectivity index (χ1v) is 7.47. The van der Waals surface area contributed by atoms with Crippen LogP contribution in [0.1, 0.15) is 52.4 Å². The Kier molecular flexibility index (Phi) is 2.92. The van der Waals surface area contributed by atoms with Gasteiger partial charge in [-0.15, -0.1) is 0 Å². The molecule has 3 heteroatoms. The molecule has 0 amide bonds. The molecule has 4 fully saturated rings. The summed E-state index contributed by atoms with van der Waals surface area (Å²) in [7, 11) is 0. The highest BCUT2D eigenvalue weighted by molar-refractivity contribution is 5.72. The van der Waals surface area contributed by atoms with Gasteiger partial charge in [0.15, 0.2) is 0 Å². The zero-order chi connectivity index (χ0) is 12.9. The highest BCUT2D eigenvalue weighted by Crippen LogP contribution is 2.61. The maximum atomic E-state index is 11.0. The van der Waals surface area contributed by atoms with Crippen molar-refractivity contribution in [1.29, 1.82) is 0 Å². The second kappa shape index (κ2) is 4.22. The Morgan fingerprint density at radius 2 is 1.56 bits per heavy atom.